The molecule has 5 nitrogen and oxygen atoms in total. The Hall–Kier alpha value is -2.17. The first-order chi connectivity index (χ1) is 10.2. The molecule has 0 radical (unpaired) electrons. The number of benzene rings is 1. The van der Waals surface area contributed by atoms with Crippen LogP contribution in [0.3, 0.4) is 0 Å². The summed E-state index contributed by atoms with van der Waals surface area (Å²) in [7, 11) is 0. The Kier molecular flexibility index (Phi) is 3.73. The van der Waals surface area contributed by atoms with Crippen LogP contribution in [0.25, 0.3) is 0 Å². The molecule has 2 atom stereocenters. The molecule has 3 rings (SSSR count). The van der Waals surface area contributed by atoms with Crippen LogP contribution in [0.1, 0.15) is 25.7 Å². The van der Waals surface area contributed by atoms with Crippen LogP contribution in [0.5, 0.6) is 5.75 Å². The first kappa shape index (κ1) is 13.8. The minimum atomic E-state index is -0.582. The number of esters is 1. The predicted octanol–water partition coefficient (Wildman–Crippen LogP) is 1.77. The van der Waals surface area contributed by atoms with Crippen LogP contribution in [0, 0.1) is 11.8 Å². The van der Waals surface area contributed by atoms with E-state index in [1.54, 1.807) is 24.3 Å². The first-order valence-electron chi connectivity index (χ1n) is 7.28. The van der Waals surface area contributed by atoms with E-state index in [4.69, 9.17) is 4.74 Å². The number of rotatable bonds is 3. The highest BCUT2D eigenvalue weighted by Gasteiger charge is 2.48. The molecule has 2 aliphatic rings. The van der Waals surface area contributed by atoms with Crippen molar-refractivity contribution in [2.24, 2.45) is 11.8 Å². The van der Waals surface area contributed by atoms with Gasteiger partial charge >= 0.3 is 5.97 Å². The van der Waals surface area contributed by atoms with E-state index in [1.165, 1.54) is 0 Å². The molecule has 1 saturated carbocycles. The third-order valence-electron chi connectivity index (χ3n) is 4.19. The van der Waals surface area contributed by atoms with Gasteiger partial charge in [0.15, 0.2) is 0 Å². The molecule has 0 unspecified atom stereocenters. The number of para-hydroxylation sites is 1. The molecule has 1 aliphatic carbocycles. The van der Waals surface area contributed by atoms with Gasteiger partial charge in [-0.15, -0.1) is 0 Å². The highest BCUT2D eigenvalue weighted by molar-refractivity contribution is 6.07. The smallest absolute Gasteiger partial charge is 0.331 e. The summed E-state index contributed by atoms with van der Waals surface area (Å²) in [5.74, 6) is -1.04. The molecule has 0 spiro atoms. The van der Waals surface area contributed by atoms with Gasteiger partial charge in [0.05, 0.1) is 11.8 Å². The molecular weight excluding hydrogens is 270 g/mol. The molecule has 1 heterocycles. The third-order valence-corrected chi connectivity index (χ3v) is 4.19. The van der Waals surface area contributed by atoms with Gasteiger partial charge in [-0.25, -0.2) is 4.79 Å². The molecular formula is C16H17NO4. The van der Waals surface area contributed by atoms with Gasteiger partial charge in [-0.1, -0.05) is 31.0 Å². The zero-order valence-corrected chi connectivity index (χ0v) is 11.7. The van der Waals surface area contributed by atoms with Crippen molar-refractivity contribution in [2.75, 3.05) is 6.54 Å². The van der Waals surface area contributed by atoms with Crippen molar-refractivity contribution in [1.29, 1.82) is 0 Å². The van der Waals surface area contributed by atoms with Crippen molar-refractivity contribution in [1.82, 2.24) is 4.90 Å². The number of ether oxygens (including phenoxy) is 1. The molecule has 1 saturated heterocycles. The molecule has 2 amide bonds. The number of fused-ring (bicyclic) bond motifs is 1. The summed E-state index contributed by atoms with van der Waals surface area (Å²) in [6.07, 6.45) is 3.45. The summed E-state index contributed by atoms with van der Waals surface area (Å²) < 4.78 is 5.14. The number of carbonyl (C=O) groups is 3. The Bertz CT molecular complexity index is 545. The van der Waals surface area contributed by atoms with Crippen LogP contribution < -0.4 is 4.74 Å². The van der Waals surface area contributed by atoms with Gasteiger partial charge in [0, 0.05) is 0 Å². The fraction of sp³-hybridized carbons (Fsp3) is 0.438. The predicted molar refractivity (Wildman–Crippen MR) is 74.2 cm³/mol. The van der Waals surface area contributed by atoms with Crippen LogP contribution >= 0.6 is 0 Å². The van der Waals surface area contributed by atoms with Gasteiger partial charge in [-0.05, 0) is 25.0 Å². The zero-order chi connectivity index (χ0) is 14.8. The number of imide groups is 1. The van der Waals surface area contributed by atoms with Crippen LogP contribution in [0.4, 0.5) is 0 Å². The largest absolute Gasteiger partial charge is 0.425 e. The molecule has 110 valence electrons. The van der Waals surface area contributed by atoms with Gasteiger partial charge in [-0.2, -0.15) is 0 Å². The average Bonchev–Trinajstić information content (AvgIpc) is 2.74. The van der Waals surface area contributed by atoms with Crippen LogP contribution in [-0.2, 0) is 14.4 Å². The van der Waals surface area contributed by atoms with Crippen molar-refractivity contribution in [3.8, 4) is 5.75 Å². The van der Waals surface area contributed by atoms with Gasteiger partial charge in [0.1, 0.15) is 12.3 Å². The standard InChI is InChI=1S/C16H17NO4/c18-14(21-11-6-2-1-3-7-11)10-17-15(19)12-8-4-5-9-13(12)16(17)20/h1-3,6-7,12-13H,4-5,8-10H2/t12-,13+. The Morgan fingerprint density at radius 1 is 1.05 bits per heavy atom. The Morgan fingerprint density at radius 3 is 2.19 bits per heavy atom. The second-order valence-corrected chi connectivity index (χ2v) is 5.55. The lowest BCUT2D eigenvalue weighted by molar-refractivity contribution is -0.148. The Morgan fingerprint density at radius 2 is 1.62 bits per heavy atom. The number of likely N-dealkylation sites (tertiary alicyclic amines) is 1. The number of carbonyl (C=O) groups excluding carboxylic acids is 3. The highest BCUT2D eigenvalue weighted by atomic mass is 16.5. The van der Waals surface area contributed by atoms with Gasteiger partial charge in [0.2, 0.25) is 11.8 Å². The topological polar surface area (TPSA) is 63.7 Å². The monoisotopic (exact) mass is 287 g/mol. The van der Waals surface area contributed by atoms with Crippen molar-refractivity contribution in [2.45, 2.75) is 25.7 Å². The first-order valence-corrected chi connectivity index (χ1v) is 7.28. The van der Waals surface area contributed by atoms with E-state index in [-0.39, 0.29) is 30.2 Å². The second kappa shape index (κ2) is 5.68. The second-order valence-electron chi connectivity index (χ2n) is 5.55. The minimum Gasteiger partial charge on any atom is -0.425 e. The SMILES string of the molecule is O=C(CN1C(=O)[C@H]2CCCC[C@H]2C1=O)Oc1ccccc1. The van der Waals surface area contributed by atoms with Crippen LogP contribution in [0.15, 0.2) is 30.3 Å². The Balaban J connectivity index is 1.66. The number of amides is 2. The van der Waals surface area contributed by atoms with Crippen molar-refractivity contribution >= 4 is 17.8 Å². The molecule has 1 aromatic carbocycles. The van der Waals surface area contributed by atoms with E-state index in [9.17, 15) is 14.4 Å². The molecule has 0 bridgehead atoms. The molecule has 21 heavy (non-hydrogen) atoms. The summed E-state index contributed by atoms with van der Waals surface area (Å²) in [6.45, 7) is -0.292. The summed E-state index contributed by atoms with van der Waals surface area (Å²) in [4.78, 5) is 37.4. The van der Waals surface area contributed by atoms with E-state index in [0.29, 0.717) is 5.75 Å². The lowest BCUT2D eigenvalue weighted by Gasteiger charge is -2.19. The summed E-state index contributed by atoms with van der Waals surface area (Å²) in [5.41, 5.74) is 0. The lowest BCUT2D eigenvalue weighted by atomic mass is 9.81. The fourth-order valence-electron chi connectivity index (χ4n) is 3.17. The highest BCUT2D eigenvalue weighted by Crippen LogP contribution is 2.37. The minimum absolute atomic E-state index is 0.213. The van der Waals surface area contributed by atoms with E-state index in [1.807, 2.05) is 6.07 Å². The molecule has 5 heteroatoms. The van der Waals surface area contributed by atoms with Crippen LogP contribution in [0.2, 0.25) is 0 Å². The third kappa shape index (κ3) is 2.68. The number of hydrogen-bond donors (Lipinski definition) is 0. The van der Waals surface area contributed by atoms with Gasteiger partial charge in [0.25, 0.3) is 0 Å². The zero-order valence-electron chi connectivity index (χ0n) is 11.7. The number of hydrogen-bond acceptors (Lipinski definition) is 4. The molecule has 1 aromatic rings. The normalized spacial score (nSPS) is 24.9. The summed E-state index contributed by atoms with van der Waals surface area (Å²) in [6, 6.07) is 8.64. The van der Waals surface area contributed by atoms with Gasteiger partial charge in [-0.3, -0.25) is 14.5 Å². The van der Waals surface area contributed by atoms with E-state index >= 15 is 0 Å². The van der Waals surface area contributed by atoms with Crippen LogP contribution in [-0.4, -0.2) is 29.2 Å². The van der Waals surface area contributed by atoms with Crippen molar-refractivity contribution < 1.29 is 19.1 Å². The maximum Gasteiger partial charge on any atom is 0.331 e. The van der Waals surface area contributed by atoms with E-state index in [2.05, 4.69) is 0 Å². The maximum absolute atomic E-state index is 12.2. The molecule has 2 fully saturated rings. The Labute approximate surface area is 122 Å². The van der Waals surface area contributed by atoms with E-state index in [0.717, 1.165) is 30.6 Å². The molecule has 0 aromatic heterocycles. The average molecular weight is 287 g/mol. The lowest BCUT2D eigenvalue weighted by Crippen LogP contribution is -2.37. The van der Waals surface area contributed by atoms with E-state index < -0.39 is 5.97 Å². The molecule has 0 N–H and O–H groups in total. The number of nitrogens with zero attached hydrogens (tertiary/aromatic N) is 1. The van der Waals surface area contributed by atoms with Gasteiger partial charge < -0.3 is 4.74 Å². The summed E-state index contributed by atoms with van der Waals surface area (Å²) >= 11 is 0. The fourth-order valence-corrected chi connectivity index (χ4v) is 3.17. The maximum atomic E-state index is 12.2. The van der Waals surface area contributed by atoms with Crippen molar-refractivity contribution in [3.05, 3.63) is 30.3 Å². The summed E-state index contributed by atoms with van der Waals surface area (Å²) in [5, 5.41) is 0. The quantitative estimate of drug-likeness (QED) is 0.483. The van der Waals surface area contributed by atoms with Crippen molar-refractivity contribution in [3.63, 3.8) is 0 Å². The molecule has 1 aliphatic heterocycles.